The fourth-order valence-corrected chi connectivity index (χ4v) is 4.44. The minimum absolute atomic E-state index is 0.00596. The molecule has 2 N–H and O–H groups in total. The van der Waals surface area contributed by atoms with Crippen LogP contribution in [-0.4, -0.2) is 69.7 Å². The summed E-state index contributed by atoms with van der Waals surface area (Å²) in [7, 11) is 0.283. The van der Waals surface area contributed by atoms with Gasteiger partial charge < -0.3 is 15.5 Å². The number of amides is 2. The molecule has 150 valence electrons. The Morgan fingerprint density at radius 1 is 1.15 bits per heavy atom. The Morgan fingerprint density at radius 3 is 2.26 bits per heavy atom. The Morgan fingerprint density at radius 2 is 1.74 bits per heavy atom. The number of carbonyl (C=O) groups is 2. The van der Waals surface area contributed by atoms with Gasteiger partial charge in [0.1, 0.15) is 0 Å². The van der Waals surface area contributed by atoms with E-state index in [0.29, 0.717) is 38.2 Å². The summed E-state index contributed by atoms with van der Waals surface area (Å²) in [6, 6.07) is 6.11. The number of nitrogens with one attached hydrogen (secondary N) is 2. The Kier molecular flexibility index (Phi) is 7.34. The van der Waals surface area contributed by atoms with Gasteiger partial charge in [-0.15, -0.1) is 0 Å². The molecule has 1 aliphatic heterocycles. The van der Waals surface area contributed by atoms with Crippen molar-refractivity contribution >= 4 is 27.5 Å². The fraction of sp³-hybridized carbons (Fsp3) is 0.556. The third kappa shape index (κ3) is 6.02. The van der Waals surface area contributed by atoms with Crippen LogP contribution in [0.3, 0.4) is 0 Å². The van der Waals surface area contributed by atoms with Gasteiger partial charge in [-0.05, 0) is 51.2 Å². The van der Waals surface area contributed by atoms with Crippen molar-refractivity contribution in [1.29, 1.82) is 0 Å². The lowest BCUT2D eigenvalue weighted by Crippen LogP contribution is -2.43. The topological polar surface area (TPSA) is 98.8 Å². The molecule has 9 heteroatoms. The van der Waals surface area contributed by atoms with Gasteiger partial charge in [0, 0.05) is 44.7 Å². The third-order valence-electron chi connectivity index (χ3n) is 4.50. The van der Waals surface area contributed by atoms with E-state index in [1.807, 2.05) is 19.0 Å². The van der Waals surface area contributed by atoms with Crippen molar-refractivity contribution in [2.45, 2.75) is 24.7 Å². The second-order valence-electron chi connectivity index (χ2n) is 6.98. The second kappa shape index (κ2) is 9.29. The maximum Gasteiger partial charge on any atom is 0.243 e. The second-order valence-corrected chi connectivity index (χ2v) is 8.92. The Hall–Kier alpha value is -1.97. The molecule has 27 heavy (non-hydrogen) atoms. The van der Waals surface area contributed by atoms with E-state index in [0.717, 1.165) is 6.54 Å². The van der Waals surface area contributed by atoms with Crippen molar-refractivity contribution in [1.82, 2.24) is 14.5 Å². The summed E-state index contributed by atoms with van der Waals surface area (Å²) in [4.78, 5) is 25.4. The third-order valence-corrected chi connectivity index (χ3v) is 6.41. The first kappa shape index (κ1) is 21.3. The molecule has 0 spiro atoms. The molecule has 1 aromatic rings. The summed E-state index contributed by atoms with van der Waals surface area (Å²) in [5.74, 6) is -0.370. The van der Waals surface area contributed by atoms with E-state index >= 15 is 0 Å². The van der Waals surface area contributed by atoms with Crippen LogP contribution in [0.2, 0.25) is 0 Å². The lowest BCUT2D eigenvalue weighted by Gasteiger charge is -2.30. The molecule has 2 amide bonds. The first-order chi connectivity index (χ1) is 12.7. The van der Waals surface area contributed by atoms with Gasteiger partial charge in [-0.1, -0.05) is 0 Å². The molecule has 0 aromatic heterocycles. The molecule has 8 nitrogen and oxygen atoms in total. The van der Waals surface area contributed by atoms with E-state index < -0.39 is 10.0 Å². The summed E-state index contributed by atoms with van der Waals surface area (Å²) in [5.41, 5.74) is 0.551. The molecular weight excluding hydrogens is 368 g/mol. The van der Waals surface area contributed by atoms with Crippen LogP contribution in [0.5, 0.6) is 0 Å². The number of piperidine rings is 1. The van der Waals surface area contributed by atoms with Gasteiger partial charge in [0.15, 0.2) is 0 Å². The van der Waals surface area contributed by atoms with E-state index in [9.17, 15) is 18.0 Å². The van der Waals surface area contributed by atoms with Crippen LogP contribution >= 0.6 is 0 Å². The van der Waals surface area contributed by atoms with E-state index in [1.54, 1.807) is 12.1 Å². The summed E-state index contributed by atoms with van der Waals surface area (Å²) in [5, 5.41) is 5.52. The van der Waals surface area contributed by atoms with Crippen LogP contribution in [0.15, 0.2) is 29.2 Å². The SMILES string of the molecule is CC(=O)Nc1ccc(S(=O)(=O)N2CCC(C(=O)NCCN(C)C)CC2)cc1. The smallest absolute Gasteiger partial charge is 0.243 e. The minimum atomic E-state index is -3.60. The van der Waals surface area contributed by atoms with E-state index in [2.05, 4.69) is 10.6 Å². The van der Waals surface area contributed by atoms with Crippen molar-refractivity contribution in [3.05, 3.63) is 24.3 Å². The zero-order valence-electron chi connectivity index (χ0n) is 16.1. The van der Waals surface area contributed by atoms with E-state index in [4.69, 9.17) is 0 Å². The van der Waals surface area contributed by atoms with Gasteiger partial charge in [0.05, 0.1) is 4.90 Å². The lowest BCUT2D eigenvalue weighted by atomic mass is 9.97. The van der Waals surface area contributed by atoms with Crippen molar-refractivity contribution in [3.8, 4) is 0 Å². The van der Waals surface area contributed by atoms with Crippen LogP contribution in [0, 0.1) is 5.92 Å². The lowest BCUT2D eigenvalue weighted by molar-refractivity contribution is -0.126. The average molecular weight is 397 g/mol. The first-order valence-corrected chi connectivity index (χ1v) is 10.4. The monoisotopic (exact) mass is 396 g/mol. The highest BCUT2D eigenvalue weighted by atomic mass is 32.2. The number of nitrogens with zero attached hydrogens (tertiary/aromatic N) is 2. The molecule has 1 aromatic carbocycles. The van der Waals surface area contributed by atoms with Crippen molar-refractivity contribution in [3.63, 3.8) is 0 Å². The zero-order chi connectivity index (χ0) is 20.0. The van der Waals surface area contributed by atoms with Gasteiger partial charge >= 0.3 is 0 Å². The van der Waals surface area contributed by atoms with Crippen molar-refractivity contribution < 1.29 is 18.0 Å². The number of hydrogen-bond donors (Lipinski definition) is 2. The summed E-state index contributed by atoms with van der Waals surface area (Å²) < 4.78 is 27.0. The molecule has 0 atom stereocenters. The molecule has 0 saturated carbocycles. The average Bonchev–Trinajstić information content (AvgIpc) is 2.61. The zero-order valence-corrected chi connectivity index (χ0v) is 16.9. The Balaban J connectivity index is 1.92. The quantitative estimate of drug-likeness (QED) is 0.708. The molecule has 1 saturated heterocycles. The number of hydrogen-bond acceptors (Lipinski definition) is 5. The Bertz CT molecular complexity index is 754. The van der Waals surface area contributed by atoms with E-state index in [1.165, 1.54) is 23.4 Å². The molecule has 1 heterocycles. The number of anilines is 1. The minimum Gasteiger partial charge on any atom is -0.355 e. The van der Waals surface area contributed by atoms with Crippen molar-refractivity contribution in [2.24, 2.45) is 5.92 Å². The van der Waals surface area contributed by atoms with E-state index in [-0.39, 0.29) is 22.6 Å². The number of likely N-dealkylation sites (N-methyl/N-ethyl adjacent to an activating group) is 1. The standard InChI is InChI=1S/C18H28N4O4S/c1-14(23)20-16-4-6-17(7-5-16)27(25,26)22-11-8-15(9-12-22)18(24)19-10-13-21(2)3/h4-7,15H,8-13H2,1-3H3,(H,19,24)(H,20,23). The van der Waals surface area contributed by atoms with Gasteiger partial charge in [-0.25, -0.2) is 8.42 Å². The highest BCUT2D eigenvalue weighted by Gasteiger charge is 2.31. The number of rotatable bonds is 7. The maximum atomic E-state index is 12.8. The first-order valence-electron chi connectivity index (χ1n) is 9.00. The largest absolute Gasteiger partial charge is 0.355 e. The number of carbonyl (C=O) groups excluding carboxylic acids is 2. The molecule has 1 aliphatic rings. The van der Waals surface area contributed by atoms with Crippen LogP contribution in [0.1, 0.15) is 19.8 Å². The number of sulfonamides is 1. The molecule has 0 radical (unpaired) electrons. The molecule has 2 rings (SSSR count). The molecule has 0 aliphatic carbocycles. The summed E-state index contributed by atoms with van der Waals surface area (Å²) in [6.45, 7) is 3.40. The highest BCUT2D eigenvalue weighted by Crippen LogP contribution is 2.24. The number of benzene rings is 1. The summed E-state index contributed by atoms with van der Waals surface area (Å²) >= 11 is 0. The molecule has 0 unspecified atom stereocenters. The van der Waals surface area contributed by atoms with Crippen molar-refractivity contribution in [2.75, 3.05) is 45.6 Å². The predicted molar refractivity (Wildman–Crippen MR) is 104 cm³/mol. The molecule has 1 fully saturated rings. The normalized spacial score (nSPS) is 16.3. The summed E-state index contributed by atoms with van der Waals surface area (Å²) in [6.07, 6.45) is 1.02. The van der Waals surface area contributed by atoms with Gasteiger partial charge in [-0.2, -0.15) is 4.31 Å². The van der Waals surface area contributed by atoms with Gasteiger partial charge in [-0.3, -0.25) is 9.59 Å². The van der Waals surface area contributed by atoms with Crippen LogP contribution in [0.25, 0.3) is 0 Å². The fourth-order valence-electron chi connectivity index (χ4n) is 2.97. The molecular formula is C18H28N4O4S. The van der Waals surface area contributed by atoms with Crippen LogP contribution in [0.4, 0.5) is 5.69 Å². The highest BCUT2D eigenvalue weighted by molar-refractivity contribution is 7.89. The maximum absolute atomic E-state index is 12.8. The predicted octanol–water partition coefficient (Wildman–Crippen LogP) is 0.724. The van der Waals surface area contributed by atoms with Gasteiger partial charge in [0.2, 0.25) is 21.8 Å². The van der Waals surface area contributed by atoms with Crippen LogP contribution in [-0.2, 0) is 19.6 Å². The Labute approximate surface area is 161 Å². The van der Waals surface area contributed by atoms with Gasteiger partial charge in [0.25, 0.3) is 0 Å². The van der Waals surface area contributed by atoms with Crippen LogP contribution < -0.4 is 10.6 Å². The molecule has 0 bridgehead atoms.